The molecule has 166 valence electrons. The first-order valence-electron chi connectivity index (χ1n) is 10.1. The normalized spacial score (nSPS) is 13.3. The molecule has 3 aromatic heterocycles. The molecule has 3 aromatic rings. The third kappa shape index (κ3) is 3.35. The number of allylic oxidation sites excluding steroid dienone is 1. The maximum absolute atomic E-state index is 13.2. The van der Waals surface area contributed by atoms with Crippen LogP contribution in [0.2, 0.25) is 0 Å². The summed E-state index contributed by atoms with van der Waals surface area (Å²) < 4.78 is 12.3. The number of amides is 1. The lowest BCUT2D eigenvalue weighted by molar-refractivity contribution is 0.0996. The van der Waals surface area contributed by atoms with Gasteiger partial charge in [0, 0.05) is 23.7 Å². The molecule has 32 heavy (non-hydrogen) atoms. The molecule has 0 radical (unpaired) electrons. The molecule has 2 N–H and O–H groups in total. The summed E-state index contributed by atoms with van der Waals surface area (Å²) in [6.45, 7) is 9.93. The van der Waals surface area contributed by atoms with Gasteiger partial charge in [0.2, 0.25) is 0 Å². The highest BCUT2D eigenvalue weighted by atomic mass is 16.5. The van der Waals surface area contributed by atoms with E-state index >= 15 is 0 Å². The Hall–Kier alpha value is -3.88. The van der Waals surface area contributed by atoms with Gasteiger partial charge in [0.15, 0.2) is 5.75 Å². The van der Waals surface area contributed by atoms with E-state index in [0.29, 0.717) is 46.5 Å². The number of fused-ring (bicyclic) bond motifs is 1. The number of aromatic nitrogens is 4. The second-order valence-electron chi connectivity index (χ2n) is 8.20. The molecule has 1 aliphatic rings. The van der Waals surface area contributed by atoms with E-state index in [1.165, 1.54) is 7.11 Å². The van der Waals surface area contributed by atoms with Crippen LogP contribution in [0, 0.1) is 6.92 Å². The smallest absolute Gasteiger partial charge is 0.260 e. The third-order valence-electron chi connectivity index (χ3n) is 5.82. The van der Waals surface area contributed by atoms with E-state index in [4.69, 9.17) is 20.2 Å². The molecule has 0 saturated carbocycles. The predicted octanol–water partition coefficient (Wildman–Crippen LogP) is 3.03. The minimum absolute atomic E-state index is 0.106. The molecule has 4 heterocycles. The summed E-state index contributed by atoms with van der Waals surface area (Å²) >= 11 is 0. The van der Waals surface area contributed by atoms with Crippen LogP contribution in [0.25, 0.3) is 11.3 Å². The summed E-state index contributed by atoms with van der Waals surface area (Å²) in [5.41, 5.74) is 10.1. The molecule has 0 fully saturated rings. The molecular formula is C23H26N6O3. The number of anilines is 1. The summed E-state index contributed by atoms with van der Waals surface area (Å²) in [6.07, 6.45) is 5.13. The van der Waals surface area contributed by atoms with Crippen molar-refractivity contribution in [3.05, 3.63) is 59.8 Å². The van der Waals surface area contributed by atoms with E-state index in [1.807, 2.05) is 32.9 Å². The molecule has 4 rings (SSSR count). The minimum atomic E-state index is -0.574. The number of carbonyl (C=O) groups excluding carboxylic acids is 1. The van der Waals surface area contributed by atoms with Crippen LogP contribution >= 0.6 is 0 Å². The second kappa shape index (κ2) is 7.67. The maximum Gasteiger partial charge on any atom is 0.260 e. The number of pyridine rings is 2. The summed E-state index contributed by atoms with van der Waals surface area (Å²) in [5, 5.41) is 4.40. The van der Waals surface area contributed by atoms with Gasteiger partial charge in [-0.1, -0.05) is 6.58 Å². The molecule has 9 nitrogen and oxygen atoms in total. The van der Waals surface area contributed by atoms with Gasteiger partial charge < -0.3 is 15.2 Å². The highest BCUT2D eigenvalue weighted by molar-refractivity contribution is 6.10. The lowest BCUT2D eigenvalue weighted by Crippen LogP contribution is -2.32. The summed E-state index contributed by atoms with van der Waals surface area (Å²) in [6, 6.07) is 3.70. The fourth-order valence-electron chi connectivity index (χ4n) is 3.64. The van der Waals surface area contributed by atoms with Gasteiger partial charge in [-0.2, -0.15) is 5.10 Å². The van der Waals surface area contributed by atoms with E-state index in [9.17, 15) is 4.79 Å². The Morgan fingerprint density at radius 1 is 1.22 bits per heavy atom. The van der Waals surface area contributed by atoms with Crippen LogP contribution in [0.15, 0.2) is 43.0 Å². The zero-order valence-corrected chi connectivity index (χ0v) is 18.8. The van der Waals surface area contributed by atoms with E-state index in [-0.39, 0.29) is 5.91 Å². The summed E-state index contributed by atoms with van der Waals surface area (Å²) in [5.74, 6) is 0.806. The molecule has 0 atom stereocenters. The number of hydrogen-bond acceptors (Lipinski definition) is 7. The van der Waals surface area contributed by atoms with Crippen molar-refractivity contribution >= 4 is 11.6 Å². The highest BCUT2D eigenvalue weighted by Gasteiger charge is 2.34. The van der Waals surface area contributed by atoms with Gasteiger partial charge in [0.1, 0.15) is 0 Å². The van der Waals surface area contributed by atoms with E-state index in [2.05, 4.69) is 16.7 Å². The first-order chi connectivity index (χ1) is 15.2. The quantitative estimate of drug-likeness (QED) is 0.635. The Morgan fingerprint density at radius 3 is 2.62 bits per heavy atom. The lowest BCUT2D eigenvalue weighted by Gasteiger charge is -2.25. The third-order valence-corrected chi connectivity index (χ3v) is 5.82. The summed E-state index contributed by atoms with van der Waals surface area (Å²) in [7, 11) is 3.10. The molecule has 0 saturated heterocycles. The van der Waals surface area contributed by atoms with Crippen molar-refractivity contribution in [2.45, 2.75) is 32.9 Å². The van der Waals surface area contributed by atoms with Gasteiger partial charge in [0.25, 0.3) is 11.8 Å². The van der Waals surface area contributed by atoms with Crippen LogP contribution in [-0.2, 0) is 12.1 Å². The zero-order chi connectivity index (χ0) is 23.2. The van der Waals surface area contributed by atoms with Gasteiger partial charge in [0.05, 0.1) is 55.1 Å². The van der Waals surface area contributed by atoms with Crippen LogP contribution in [0.5, 0.6) is 11.6 Å². The number of methoxy groups -OCH3 is 2. The number of ether oxygens (including phenoxy) is 2. The zero-order valence-electron chi connectivity index (χ0n) is 18.8. The number of nitrogens with zero attached hydrogens (tertiary/aromatic N) is 5. The van der Waals surface area contributed by atoms with Crippen molar-refractivity contribution in [2.24, 2.45) is 5.73 Å². The Kier molecular flexibility index (Phi) is 5.12. The first-order valence-corrected chi connectivity index (χ1v) is 10.1. The van der Waals surface area contributed by atoms with Crippen molar-refractivity contribution in [2.75, 3.05) is 19.1 Å². The number of hydrogen-bond donors (Lipinski definition) is 1. The van der Waals surface area contributed by atoms with Crippen molar-refractivity contribution in [3.63, 3.8) is 0 Å². The Labute approximate surface area is 186 Å². The van der Waals surface area contributed by atoms with Gasteiger partial charge in [-0.15, -0.1) is 0 Å². The van der Waals surface area contributed by atoms with Crippen molar-refractivity contribution < 1.29 is 14.3 Å². The molecule has 0 aliphatic carbocycles. The molecule has 0 aromatic carbocycles. The molecular weight excluding hydrogens is 408 g/mol. The number of rotatable bonds is 6. The average Bonchev–Trinajstić information content (AvgIpc) is 3.38. The molecule has 0 unspecified atom stereocenters. The fourth-order valence-corrected chi connectivity index (χ4v) is 3.64. The Balaban J connectivity index is 1.69. The molecule has 0 bridgehead atoms. The van der Waals surface area contributed by atoms with Gasteiger partial charge in [-0.3, -0.25) is 19.4 Å². The summed E-state index contributed by atoms with van der Waals surface area (Å²) in [4.78, 5) is 23.9. The van der Waals surface area contributed by atoms with Gasteiger partial charge in [-0.25, -0.2) is 4.98 Å². The van der Waals surface area contributed by atoms with Gasteiger partial charge in [-0.05, 0) is 38.5 Å². The maximum atomic E-state index is 13.2. The number of carbonyl (C=O) groups is 1. The largest absolute Gasteiger partial charge is 0.491 e. The van der Waals surface area contributed by atoms with Crippen LogP contribution in [-0.4, -0.2) is 39.9 Å². The van der Waals surface area contributed by atoms with Crippen LogP contribution in [0.1, 0.15) is 35.5 Å². The Bertz CT molecular complexity index is 1230. The minimum Gasteiger partial charge on any atom is -0.491 e. The molecule has 1 amide bonds. The van der Waals surface area contributed by atoms with E-state index < -0.39 is 5.54 Å². The van der Waals surface area contributed by atoms with Crippen molar-refractivity contribution in [1.29, 1.82) is 0 Å². The monoisotopic (exact) mass is 434 g/mol. The van der Waals surface area contributed by atoms with E-state index in [1.54, 1.807) is 35.3 Å². The fraction of sp³-hybridized carbons (Fsp3) is 0.304. The second-order valence-corrected chi connectivity index (χ2v) is 8.20. The molecule has 1 aliphatic heterocycles. The van der Waals surface area contributed by atoms with Crippen LogP contribution in [0.3, 0.4) is 0 Å². The first kappa shape index (κ1) is 21.4. The highest BCUT2D eigenvalue weighted by Crippen LogP contribution is 2.34. The lowest BCUT2D eigenvalue weighted by atomic mass is 10.0. The standard InChI is InChI=1S/C23H26N6O3/c1-13-7-17(15-8-19(31-5)21(32-6)25-9-15)27-18-12-28(22(30)20(13)18)16-10-26-29(11-16)23(3,4)14(2)24/h7-11H,2,12,24H2,1,3-6H3. The predicted molar refractivity (Wildman–Crippen MR) is 121 cm³/mol. The SMILES string of the molecule is C=C(N)C(C)(C)n1cc(N2Cc3nc(-c4cnc(OC)c(OC)c4)cc(C)c3C2=O)cn1. The van der Waals surface area contributed by atoms with Crippen LogP contribution < -0.4 is 20.1 Å². The topological polar surface area (TPSA) is 108 Å². The van der Waals surface area contributed by atoms with E-state index in [0.717, 1.165) is 11.1 Å². The van der Waals surface area contributed by atoms with Crippen molar-refractivity contribution in [1.82, 2.24) is 19.7 Å². The number of nitrogens with two attached hydrogens (primary N) is 1. The molecule has 9 heteroatoms. The Morgan fingerprint density at radius 2 is 1.97 bits per heavy atom. The average molecular weight is 435 g/mol. The van der Waals surface area contributed by atoms with Crippen LogP contribution in [0.4, 0.5) is 5.69 Å². The van der Waals surface area contributed by atoms with Gasteiger partial charge >= 0.3 is 0 Å². The van der Waals surface area contributed by atoms with Crippen molar-refractivity contribution in [3.8, 4) is 22.9 Å². The molecule has 0 spiro atoms. The number of aryl methyl sites for hydroxylation is 1.